The van der Waals surface area contributed by atoms with E-state index in [9.17, 15) is 13.5 Å². The maximum atomic E-state index is 13.2. The van der Waals surface area contributed by atoms with Crippen LogP contribution in [0.5, 0.6) is 0 Å². The van der Waals surface area contributed by atoms with Crippen molar-refractivity contribution in [3.8, 4) is 0 Å². The zero-order valence-corrected chi connectivity index (χ0v) is 15.7. The van der Waals surface area contributed by atoms with E-state index in [2.05, 4.69) is 4.98 Å². The molecule has 1 unspecified atom stereocenters. The van der Waals surface area contributed by atoms with E-state index in [0.717, 1.165) is 33.3 Å². The van der Waals surface area contributed by atoms with Gasteiger partial charge < -0.3 is 10.1 Å². The molecule has 5 nitrogen and oxygen atoms in total. The monoisotopic (exact) mass is 370 g/mol. The van der Waals surface area contributed by atoms with Gasteiger partial charge >= 0.3 is 0 Å². The van der Waals surface area contributed by atoms with Crippen LogP contribution >= 0.6 is 0 Å². The summed E-state index contributed by atoms with van der Waals surface area (Å²) in [6.45, 7) is 3.90. The average molecular weight is 370 g/mol. The number of aliphatic hydroxyl groups is 1. The van der Waals surface area contributed by atoms with Gasteiger partial charge in [0.15, 0.2) is 0 Å². The number of rotatable bonds is 3. The van der Waals surface area contributed by atoms with E-state index in [1.165, 1.54) is 4.31 Å². The molecular weight excluding hydrogens is 348 g/mol. The van der Waals surface area contributed by atoms with Crippen LogP contribution in [-0.4, -0.2) is 35.5 Å². The smallest absolute Gasteiger partial charge is 0.243 e. The predicted molar refractivity (Wildman–Crippen MR) is 102 cm³/mol. The Kier molecular flexibility index (Phi) is 4.14. The van der Waals surface area contributed by atoms with Crippen LogP contribution < -0.4 is 0 Å². The van der Waals surface area contributed by atoms with Crippen LogP contribution in [0.25, 0.3) is 10.9 Å². The first-order valence-electron chi connectivity index (χ1n) is 8.70. The van der Waals surface area contributed by atoms with E-state index in [-0.39, 0.29) is 18.0 Å². The van der Waals surface area contributed by atoms with Crippen molar-refractivity contribution in [2.45, 2.75) is 37.8 Å². The summed E-state index contributed by atoms with van der Waals surface area (Å²) in [6, 6.07) is 12.7. The highest BCUT2D eigenvalue weighted by atomic mass is 32.2. The number of nitrogens with zero attached hydrogens (tertiary/aromatic N) is 1. The molecule has 4 rings (SSSR count). The lowest BCUT2D eigenvalue weighted by Crippen LogP contribution is -2.46. The van der Waals surface area contributed by atoms with Crippen LogP contribution in [0.4, 0.5) is 0 Å². The van der Waals surface area contributed by atoms with E-state index >= 15 is 0 Å². The molecule has 1 aliphatic heterocycles. The van der Waals surface area contributed by atoms with Crippen molar-refractivity contribution in [1.29, 1.82) is 0 Å². The fraction of sp³-hybridized carbons (Fsp3) is 0.300. The number of nitrogens with one attached hydrogen (secondary N) is 1. The fourth-order valence-corrected chi connectivity index (χ4v) is 5.36. The second-order valence-corrected chi connectivity index (χ2v) is 8.86. The first kappa shape index (κ1) is 17.3. The standard InChI is InChI=1S/C20H22N2O3S/c1-13-7-8-16(9-14(13)2)26(24,25)22-11-20-18(10-15(22)12-23)17-5-3-4-6-19(17)21-20/h3-9,15,21,23H,10-12H2,1-2H3. The van der Waals surface area contributed by atoms with Gasteiger partial charge in [-0.05, 0) is 55.2 Å². The summed E-state index contributed by atoms with van der Waals surface area (Å²) in [5.41, 5.74) is 5.00. The van der Waals surface area contributed by atoms with Crippen molar-refractivity contribution in [1.82, 2.24) is 9.29 Å². The minimum absolute atomic E-state index is 0.205. The highest BCUT2D eigenvalue weighted by molar-refractivity contribution is 7.89. The Labute approximate surface area is 153 Å². The lowest BCUT2D eigenvalue weighted by molar-refractivity contribution is 0.173. The highest BCUT2D eigenvalue weighted by Crippen LogP contribution is 2.33. The molecule has 1 atom stereocenters. The molecule has 2 heterocycles. The topological polar surface area (TPSA) is 73.4 Å². The Hall–Kier alpha value is -2.15. The fourth-order valence-electron chi connectivity index (χ4n) is 3.69. The summed E-state index contributed by atoms with van der Waals surface area (Å²) in [7, 11) is -3.69. The number of aryl methyl sites for hydroxylation is 2. The number of aromatic amines is 1. The summed E-state index contributed by atoms with van der Waals surface area (Å²) in [4.78, 5) is 3.62. The number of aromatic nitrogens is 1. The molecule has 0 saturated heterocycles. The minimum atomic E-state index is -3.69. The van der Waals surface area contributed by atoms with E-state index in [4.69, 9.17) is 0 Å². The van der Waals surface area contributed by atoms with Crippen LogP contribution in [0.1, 0.15) is 22.4 Å². The van der Waals surface area contributed by atoms with E-state index < -0.39 is 16.1 Å². The number of benzene rings is 2. The van der Waals surface area contributed by atoms with Crippen molar-refractivity contribution in [3.63, 3.8) is 0 Å². The average Bonchev–Trinajstić information content (AvgIpc) is 3.00. The molecule has 0 fully saturated rings. The molecule has 0 spiro atoms. The van der Waals surface area contributed by atoms with E-state index in [1.54, 1.807) is 12.1 Å². The summed E-state index contributed by atoms with van der Waals surface area (Å²) in [5, 5.41) is 11.0. The molecule has 3 aromatic rings. The third-order valence-electron chi connectivity index (χ3n) is 5.36. The first-order valence-corrected chi connectivity index (χ1v) is 10.1. The molecule has 2 N–H and O–H groups in total. The van der Waals surface area contributed by atoms with E-state index in [1.807, 2.05) is 44.2 Å². The van der Waals surface area contributed by atoms with Crippen LogP contribution in [0.2, 0.25) is 0 Å². The molecule has 1 aromatic heterocycles. The maximum Gasteiger partial charge on any atom is 0.243 e. The largest absolute Gasteiger partial charge is 0.395 e. The van der Waals surface area contributed by atoms with Crippen molar-refractivity contribution >= 4 is 20.9 Å². The Morgan fingerprint density at radius 2 is 1.92 bits per heavy atom. The van der Waals surface area contributed by atoms with Gasteiger partial charge in [-0.2, -0.15) is 4.31 Å². The number of fused-ring (bicyclic) bond motifs is 3. The molecule has 0 aliphatic carbocycles. The van der Waals surface area contributed by atoms with Gasteiger partial charge in [-0.15, -0.1) is 0 Å². The molecule has 0 saturated carbocycles. The SMILES string of the molecule is Cc1ccc(S(=O)(=O)N2Cc3[nH]c4ccccc4c3CC2CO)cc1C. The van der Waals surface area contributed by atoms with Gasteiger partial charge in [0.25, 0.3) is 0 Å². The highest BCUT2D eigenvalue weighted by Gasteiger charge is 2.37. The van der Waals surface area contributed by atoms with Gasteiger partial charge in [-0.3, -0.25) is 0 Å². The third kappa shape index (κ3) is 2.65. The number of aliphatic hydroxyl groups excluding tert-OH is 1. The van der Waals surface area contributed by atoms with Gasteiger partial charge in [-0.25, -0.2) is 8.42 Å². The Morgan fingerprint density at radius 3 is 2.65 bits per heavy atom. The lowest BCUT2D eigenvalue weighted by Gasteiger charge is -2.33. The number of para-hydroxylation sites is 1. The van der Waals surface area contributed by atoms with Crippen molar-refractivity contribution in [2.24, 2.45) is 0 Å². The van der Waals surface area contributed by atoms with Crippen LogP contribution in [0, 0.1) is 13.8 Å². The summed E-state index contributed by atoms with van der Waals surface area (Å²) < 4.78 is 27.9. The molecule has 0 amide bonds. The van der Waals surface area contributed by atoms with Gasteiger partial charge in [0.2, 0.25) is 10.0 Å². The third-order valence-corrected chi connectivity index (χ3v) is 7.25. The van der Waals surface area contributed by atoms with Gasteiger partial charge in [0, 0.05) is 16.6 Å². The molecule has 0 bridgehead atoms. The lowest BCUT2D eigenvalue weighted by atomic mass is 9.99. The molecule has 6 heteroatoms. The molecule has 1 aliphatic rings. The van der Waals surface area contributed by atoms with Crippen molar-refractivity contribution in [2.75, 3.05) is 6.61 Å². The van der Waals surface area contributed by atoms with Crippen molar-refractivity contribution in [3.05, 3.63) is 64.8 Å². The second kappa shape index (κ2) is 6.23. The number of hydrogen-bond donors (Lipinski definition) is 2. The van der Waals surface area contributed by atoms with Crippen LogP contribution in [0.15, 0.2) is 47.4 Å². The summed E-state index contributed by atoms with van der Waals surface area (Å²) in [6.07, 6.45) is 0.500. The van der Waals surface area contributed by atoms with Gasteiger partial charge in [-0.1, -0.05) is 24.3 Å². The number of sulfonamides is 1. The summed E-state index contributed by atoms with van der Waals surface area (Å²) >= 11 is 0. The van der Waals surface area contributed by atoms with Gasteiger partial charge in [0.1, 0.15) is 0 Å². The predicted octanol–water partition coefficient (Wildman–Crippen LogP) is 2.89. The normalized spacial score (nSPS) is 18.2. The number of hydrogen-bond acceptors (Lipinski definition) is 3. The maximum absolute atomic E-state index is 13.2. The number of H-pyrrole nitrogens is 1. The first-order chi connectivity index (χ1) is 12.4. The van der Waals surface area contributed by atoms with E-state index in [0.29, 0.717) is 6.42 Å². The molecular formula is C20H22N2O3S. The summed E-state index contributed by atoms with van der Waals surface area (Å²) in [5.74, 6) is 0. The molecule has 26 heavy (non-hydrogen) atoms. The zero-order valence-electron chi connectivity index (χ0n) is 14.9. The van der Waals surface area contributed by atoms with Gasteiger partial charge in [0.05, 0.1) is 24.1 Å². The van der Waals surface area contributed by atoms with Crippen LogP contribution in [-0.2, 0) is 23.0 Å². The molecule has 0 radical (unpaired) electrons. The Morgan fingerprint density at radius 1 is 1.15 bits per heavy atom. The zero-order chi connectivity index (χ0) is 18.5. The van der Waals surface area contributed by atoms with Crippen LogP contribution in [0.3, 0.4) is 0 Å². The van der Waals surface area contributed by atoms with Crippen molar-refractivity contribution < 1.29 is 13.5 Å². The minimum Gasteiger partial charge on any atom is -0.395 e. The molecule has 2 aromatic carbocycles. The second-order valence-electron chi connectivity index (χ2n) is 6.96. The Balaban J connectivity index is 1.79. The molecule has 136 valence electrons. The Bertz CT molecular complexity index is 1090. The quantitative estimate of drug-likeness (QED) is 0.745.